The molecular weight excluding hydrogens is 302 g/mol. The lowest BCUT2D eigenvalue weighted by Crippen LogP contribution is -2.27. The number of hydrogen-bond acceptors (Lipinski definition) is 2. The minimum atomic E-state index is 0.0249. The Morgan fingerprint density at radius 1 is 1.14 bits per heavy atom. The molecule has 3 rings (SSSR count). The second-order valence-corrected chi connectivity index (χ2v) is 6.75. The largest absolute Gasteiger partial charge is 0.295 e. The second-order valence-electron chi connectivity index (χ2n) is 5.27. The zero-order chi connectivity index (χ0) is 15.0. The van der Waals surface area contributed by atoms with Crippen LogP contribution in [-0.4, -0.2) is 11.7 Å². The van der Waals surface area contributed by atoms with Crippen molar-refractivity contribution in [2.24, 2.45) is 0 Å². The van der Waals surface area contributed by atoms with Gasteiger partial charge in [-0.05, 0) is 37.1 Å². The monoisotopic (exact) mass is 317 g/mol. The molecule has 2 nitrogen and oxygen atoms in total. The first-order valence-corrected chi connectivity index (χ1v) is 8.25. The fourth-order valence-corrected chi connectivity index (χ4v) is 3.76. The summed E-state index contributed by atoms with van der Waals surface area (Å²) in [6, 6.07) is 14.1. The third kappa shape index (κ3) is 2.81. The molecule has 1 saturated heterocycles. The summed E-state index contributed by atoms with van der Waals surface area (Å²) < 4.78 is 0. The van der Waals surface area contributed by atoms with E-state index >= 15 is 0 Å². The van der Waals surface area contributed by atoms with Crippen molar-refractivity contribution in [2.45, 2.75) is 19.2 Å². The van der Waals surface area contributed by atoms with Gasteiger partial charge >= 0.3 is 0 Å². The van der Waals surface area contributed by atoms with Crippen molar-refractivity contribution in [2.75, 3.05) is 10.7 Å². The van der Waals surface area contributed by atoms with Gasteiger partial charge in [-0.15, -0.1) is 11.8 Å². The number of rotatable bonds is 2. The minimum Gasteiger partial charge on any atom is -0.295 e. The first-order valence-electron chi connectivity index (χ1n) is 6.82. The molecule has 21 heavy (non-hydrogen) atoms. The first-order chi connectivity index (χ1) is 10.1. The normalized spacial score (nSPS) is 18.3. The van der Waals surface area contributed by atoms with Crippen molar-refractivity contribution in [3.05, 3.63) is 64.2 Å². The average molecular weight is 318 g/mol. The quantitative estimate of drug-likeness (QED) is 0.797. The fourth-order valence-electron chi connectivity index (χ4n) is 2.41. The van der Waals surface area contributed by atoms with Crippen LogP contribution in [0.4, 0.5) is 5.69 Å². The molecule has 0 radical (unpaired) electrons. The van der Waals surface area contributed by atoms with Crippen LogP contribution in [0.3, 0.4) is 0 Å². The summed E-state index contributed by atoms with van der Waals surface area (Å²) in [5.41, 5.74) is 4.25. The van der Waals surface area contributed by atoms with Crippen molar-refractivity contribution >= 4 is 35.0 Å². The standard InChI is InChI=1S/C17H16ClNOS/c1-11-3-6-13(7-4-11)17-19(16(20)10-21-17)14-8-5-12(2)15(18)9-14/h3-9,17H,10H2,1-2H3. The lowest BCUT2D eigenvalue weighted by molar-refractivity contribution is -0.115. The Kier molecular flexibility index (Phi) is 3.96. The Morgan fingerprint density at radius 2 is 1.86 bits per heavy atom. The van der Waals surface area contributed by atoms with E-state index < -0.39 is 0 Å². The van der Waals surface area contributed by atoms with E-state index in [2.05, 4.69) is 31.2 Å². The van der Waals surface area contributed by atoms with Crippen LogP contribution in [0.5, 0.6) is 0 Å². The van der Waals surface area contributed by atoms with Gasteiger partial charge in [-0.1, -0.05) is 47.5 Å². The smallest absolute Gasteiger partial charge is 0.238 e. The highest BCUT2D eigenvalue weighted by Crippen LogP contribution is 2.42. The Morgan fingerprint density at radius 3 is 2.52 bits per heavy atom. The maximum absolute atomic E-state index is 12.3. The van der Waals surface area contributed by atoms with E-state index in [-0.39, 0.29) is 11.3 Å². The van der Waals surface area contributed by atoms with E-state index in [4.69, 9.17) is 11.6 Å². The van der Waals surface area contributed by atoms with Crippen LogP contribution in [0.15, 0.2) is 42.5 Å². The number of thioether (sulfide) groups is 1. The Hall–Kier alpha value is -1.45. The van der Waals surface area contributed by atoms with E-state index in [1.165, 1.54) is 5.56 Å². The summed E-state index contributed by atoms with van der Waals surface area (Å²) >= 11 is 7.87. The number of nitrogens with zero attached hydrogens (tertiary/aromatic N) is 1. The van der Waals surface area contributed by atoms with Crippen LogP contribution >= 0.6 is 23.4 Å². The van der Waals surface area contributed by atoms with Gasteiger partial charge in [0.25, 0.3) is 0 Å². The Bertz CT molecular complexity index is 684. The van der Waals surface area contributed by atoms with Gasteiger partial charge in [-0.2, -0.15) is 0 Å². The molecule has 1 aliphatic rings. The maximum atomic E-state index is 12.3. The van der Waals surface area contributed by atoms with Gasteiger partial charge in [0.15, 0.2) is 0 Å². The number of anilines is 1. The van der Waals surface area contributed by atoms with Crippen molar-refractivity contribution in [1.82, 2.24) is 0 Å². The molecule has 1 amide bonds. The summed E-state index contributed by atoms with van der Waals surface area (Å²) in [5, 5.41) is 0.719. The van der Waals surface area contributed by atoms with Gasteiger partial charge in [0.05, 0.1) is 5.75 Å². The van der Waals surface area contributed by atoms with Gasteiger partial charge in [0.1, 0.15) is 5.37 Å². The number of hydrogen-bond donors (Lipinski definition) is 0. The molecule has 0 bridgehead atoms. The molecule has 4 heteroatoms. The summed E-state index contributed by atoms with van der Waals surface area (Å²) in [6.45, 7) is 4.03. The highest BCUT2D eigenvalue weighted by atomic mass is 35.5. The van der Waals surface area contributed by atoms with Crippen molar-refractivity contribution < 1.29 is 4.79 Å². The van der Waals surface area contributed by atoms with E-state index in [1.54, 1.807) is 11.8 Å². The highest BCUT2D eigenvalue weighted by Gasteiger charge is 2.34. The number of aryl methyl sites for hydroxylation is 2. The van der Waals surface area contributed by atoms with E-state index in [0.717, 1.165) is 16.8 Å². The fraction of sp³-hybridized carbons (Fsp3) is 0.235. The molecule has 1 heterocycles. The Labute approximate surface area is 134 Å². The van der Waals surface area contributed by atoms with E-state index in [9.17, 15) is 4.79 Å². The van der Waals surface area contributed by atoms with Crippen LogP contribution in [0.2, 0.25) is 5.02 Å². The molecule has 0 saturated carbocycles. The summed E-state index contributed by atoms with van der Waals surface area (Å²) in [5.74, 6) is 0.634. The van der Waals surface area contributed by atoms with E-state index in [1.807, 2.05) is 30.0 Å². The number of carbonyl (C=O) groups is 1. The number of carbonyl (C=O) groups excluding carboxylic acids is 1. The predicted molar refractivity (Wildman–Crippen MR) is 90.1 cm³/mol. The van der Waals surface area contributed by atoms with Crippen LogP contribution in [0, 0.1) is 13.8 Å². The van der Waals surface area contributed by atoms with Gasteiger partial charge in [0, 0.05) is 10.7 Å². The van der Waals surface area contributed by atoms with Gasteiger partial charge in [-0.3, -0.25) is 9.69 Å². The van der Waals surface area contributed by atoms with Crippen LogP contribution in [-0.2, 0) is 4.79 Å². The van der Waals surface area contributed by atoms with Crippen molar-refractivity contribution in [1.29, 1.82) is 0 Å². The number of amides is 1. The van der Waals surface area contributed by atoms with Gasteiger partial charge < -0.3 is 0 Å². The minimum absolute atomic E-state index is 0.0249. The van der Waals surface area contributed by atoms with Crippen LogP contribution in [0.1, 0.15) is 22.1 Å². The topological polar surface area (TPSA) is 20.3 Å². The average Bonchev–Trinajstić information content (AvgIpc) is 2.85. The zero-order valence-electron chi connectivity index (χ0n) is 12.0. The molecule has 2 aromatic carbocycles. The molecule has 0 N–H and O–H groups in total. The SMILES string of the molecule is Cc1ccc(C2SCC(=O)N2c2ccc(C)c(Cl)c2)cc1. The first kappa shape index (κ1) is 14.5. The molecule has 108 valence electrons. The molecule has 0 aromatic heterocycles. The number of benzene rings is 2. The second kappa shape index (κ2) is 5.74. The lowest BCUT2D eigenvalue weighted by Gasteiger charge is -2.25. The molecule has 1 aliphatic heterocycles. The van der Waals surface area contributed by atoms with Gasteiger partial charge in [0.2, 0.25) is 5.91 Å². The molecule has 1 fully saturated rings. The Balaban J connectivity index is 1.99. The zero-order valence-corrected chi connectivity index (χ0v) is 13.5. The molecule has 0 aliphatic carbocycles. The molecule has 1 unspecified atom stereocenters. The number of halogens is 1. The van der Waals surface area contributed by atoms with Crippen molar-refractivity contribution in [3.8, 4) is 0 Å². The molecular formula is C17H16ClNOS. The summed E-state index contributed by atoms with van der Waals surface area (Å²) in [6.07, 6.45) is 0. The highest BCUT2D eigenvalue weighted by molar-refractivity contribution is 8.00. The molecule has 1 atom stereocenters. The van der Waals surface area contributed by atoms with Crippen molar-refractivity contribution in [3.63, 3.8) is 0 Å². The summed E-state index contributed by atoms with van der Waals surface area (Å²) in [4.78, 5) is 14.1. The van der Waals surface area contributed by atoms with E-state index in [0.29, 0.717) is 10.8 Å². The molecule has 2 aromatic rings. The predicted octanol–water partition coefficient (Wildman–Crippen LogP) is 4.74. The maximum Gasteiger partial charge on any atom is 0.238 e. The lowest BCUT2D eigenvalue weighted by atomic mass is 10.1. The summed E-state index contributed by atoms with van der Waals surface area (Å²) in [7, 11) is 0. The van der Waals surface area contributed by atoms with Crippen LogP contribution < -0.4 is 4.90 Å². The molecule has 0 spiro atoms. The van der Waals surface area contributed by atoms with Gasteiger partial charge in [-0.25, -0.2) is 0 Å². The van der Waals surface area contributed by atoms with Crippen LogP contribution in [0.25, 0.3) is 0 Å². The third-order valence-corrected chi connectivity index (χ3v) is 5.28. The third-order valence-electron chi connectivity index (χ3n) is 3.66.